The minimum absolute atomic E-state index is 0.191. The molecule has 1 rings (SSSR count). The number of carbonyl (C=O) groups excluding carboxylic acids is 1. The summed E-state index contributed by atoms with van der Waals surface area (Å²) in [4.78, 5) is 13.0. The van der Waals surface area contributed by atoms with E-state index < -0.39 is 49.5 Å². The number of aliphatic hydroxyl groups excluding tert-OH is 5. The van der Waals surface area contributed by atoms with Crippen molar-refractivity contribution in [1.29, 1.82) is 0 Å². The Bertz CT molecular complexity index is 1220. The van der Waals surface area contributed by atoms with E-state index in [0.29, 0.717) is 6.42 Å². The first-order valence-electron chi connectivity index (χ1n) is 27.5. The first-order chi connectivity index (χ1) is 32.3. The van der Waals surface area contributed by atoms with Gasteiger partial charge in [-0.3, -0.25) is 4.79 Å². The second kappa shape index (κ2) is 46.6. The van der Waals surface area contributed by atoms with Gasteiger partial charge in [0.25, 0.3) is 0 Å². The molecule has 1 saturated heterocycles. The number of unbranched alkanes of at least 4 members (excludes halogenated alkanes) is 28. The highest BCUT2D eigenvalue weighted by atomic mass is 16.7. The number of allylic oxidation sites excluding steroid dienone is 9. The highest BCUT2D eigenvalue weighted by molar-refractivity contribution is 5.76. The molecule has 0 aromatic carbocycles. The van der Waals surface area contributed by atoms with Crippen LogP contribution in [0.5, 0.6) is 0 Å². The highest BCUT2D eigenvalue weighted by Gasteiger charge is 2.44. The Morgan fingerprint density at radius 2 is 0.924 bits per heavy atom. The van der Waals surface area contributed by atoms with Crippen molar-refractivity contribution in [3.63, 3.8) is 0 Å². The summed E-state index contributed by atoms with van der Waals surface area (Å²) in [5.41, 5.74) is 0. The van der Waals surface area contributed by atoms with Crippen LogP contribution in [0.3, 0.4) is 0 Å². The van der Waals surface area contributed by atoms with Crippen LogP contribution >= 0.6 is 0 Å². The Kier molecular flexibility index (Phi) is 43.7. The molecule has 0 bridgehead atoms. The lowest BCUT2D eigenvalue weighted by Crippen LogP contribution is -2.60. The number of rotatable bonds is 46. The van der Waals surface area contributed by atoms with Gasteiger partial charge in [0.1, 0.15) is 24.4 Å². The second-order valence-corrected chi connectivity index (χ2v) is 19.0. The van der Waals surface area contributed by atoms with E-state index in [1.807, 2.05) is 6.08 Å². The zero-order chi connectivity index (χ0) is 48.0. The van der Waals surface area contributed by atoms with Crippen LogP contribution in [0.1, 0.15) is 239 Å². The van der Waals surface area contributed by atoms with Gasteiger partial charge in [0.2, 0.25) is 5.91 Å². The number of hydrogen-bond acceptors (Lipinski definition) is 8. The number of aliphatic hydroxyl groups is 5. The number of carbonyl (C=O) groups is 1. The molecule has 6 N–H and O–H groups in total. The molecule has 0 aromatic rings. The number of ether oxygens (including phenoxy) is 2. The second-order valence-electron chi connectivity index (χ2n) is 19.0. The van der Waals surface area contributed by atoms with E-state index in [2.05, 4.69) is 67.8 Å². The summed E-state index contributed by atoms with van der Waals surface area (Å²) in [6, 6.07) is -0.827. The molecule has 1 aliphatic rings. The fourth-order valence-corrected chi connectivity index (χ4v) is 8.38. The van der Waals surface area contributed by atoms with Gasteiger partial charge in [0.15, 0.2) is 6.29 Å². The predicted molar refractivity (Wildman–Crippen MR) is 276 cm³/mol. The standard InChI is InChI=1S/C57H103NO8/c1-3-5-7-9-11-13-15-17-18-19-20-21-22-23-24-25-26-27-28-29-30-31-32-33-34-35-37-39-41-43-45-47-53(61)58-50(49-65-57-56(64)55(63)54(62)52(48-59)66-57)51(60)46-44-42-40-38-36-16-14-12-10-8-6-4-2/h10,12,15,17,19-20,36,38,44,46,50-52,54-57,59-60,62-64H,3-9,11,13-14,16,18,21-35,37,39-43,45,47-49H2,1-2H3,(H,58,61)/b12-10+,17-15-,20-19-,38-36+,46-44+. The number of amides is 1. The molecular formula is C57H103NO8. The molecule has 9 nitrogen and oxygen atoms in total. The van der Waals surface area contributed by atoms with Crippen molar-refractivity contribution >= 4 is 5.91 Å². The smallest absolute Gasteiger partial charge is 0.220 e. The predicted octanol–water partition coefficient (Wildman–Crippen LogP) is 13.1. The Morgan fingerprint density at radius 3 is 1.41 bits per heavy atom. The molecule has 0 saturated carbocycles. The van der Waals surface area contributed by atoms with Crippen molar-refractivity contribution in [3.8, 4) is 0 Å². The third kappa shape index (κ3) is 36.0. The fourth-order valence-electron chi connectivity index (χ4n) is 8.38. The van der Waals surface area contributed by atoms with Crippen molar-refractivity contribution in [1.82, 2.24) is 5.32 Å². The summed E-state index contributed by atoms with van der Waals surface area (Å²) in [5.74, 6) is -0.191. The van der Waals surface area contributed by atoms with Gasteiger partial charge in [0.05, 0.1) is 25.4 Å². The molecule has 7 atom stereocenters. The summed E-state index contributed by atoms with van der Waals surface area (Å²) in [5, 5.41) is 54.2. The maximum atomic E-state index is 13.0. The SMILES string of the molecule is CCCC/C=C/CC/C=C/CC/C=C/C(O)C(COC1OC(CO)C(O)C(O)C1O)NC(=O)CCCCCCCCCCCCCCCCCCCCC/C=C\C/C=C\CCCCCCC. The van der Waals surface area contributed by atoms with Gasteiger partial charge in [-0.25, -0.2) is 0 Å². The molecule has 66 heavy (non-hydrogen) atoms. The Labute approximate surface area is 405 Å². The molecular weight excluding hydrogens is 827 g/mol. The maximum absolute atomic E-state index is 13.0. The summed E-state index contributed by atoms with van der Waals surface area (Å²) in [7, 11) is 0. The van der Waals surface area contributed by atoms with Crippen LogP contribution in [0.25, 0.3) is 0 Å². The van der Waals surface area contributed by atoms with Crippen molar-refractivity contribution in [2.24, 2.45) is 0 Å². The Balaban J connectivity index is 2.14. The molecule has 384 valence electrons. The fraction of sp³-hybridized carbons (Fsp3) is 0.807. The van der Waals surface area contributed by atoms with Crippen LogP contribution in [0, 0.1) is 0 Å². The van der Waals surface area contributed by atoms with Gasteiger partial charge in [-0.15, -0.1) is 0 Å². The van der Waals surface area contributed by atoms with Gasteiger partial charge in [-0.05, 0) is 70.6 Å². The van der Waals surface area contributed by atoms with Crippen molar-refractivity contribution in [3.05, 3.63) is 60.8 Å². The Morgan fingerprint density at radius 1 is 0.515 bits per heavy atom. The molecule has 1 amide bonds. The molecule has 0 radical (unpaired) electrons. The van der Waals surface area contributed by atoms with Crippen LogP contribution in [0.15, 0.2) is 60.8 Å². The zero-order valence-corrected chi connectivity index (χ0v) is 42.4. The van der Waals surface area contributed by atoms with E-state index in [4.69, 9.17) is 9.47 Å². The zero-order valence-electron chi connectivity index (χ0n) is 42.4. The van der Waals surface area contributed by atoms with Crippen molar-refractivity contribution < 1.29 is 39.8 Å². The average molecular weight is 930 g/mol. The first-order valence-corrected chi connectivity index (χ1v) is 27.5. The third-order valence-electron chi connectivity index (χ3n) is 12.8. The minimum Gasteiger partial charge on any atom is -0.394 e. The summed E-state index contributed by atoms with van der Waals surface area (Å²) >= 11 is 0. The van der Waals surface area contributed by atoms with Crippen LogP contribution in [-0.2, 0) is 14.3 Å². The molecule has 1 fully saturated rings. The normalized spacial score (nSPS) is 20.3. The number of nitrogens with one attached hydrogen (secondary N) is 1. The largest absolute Gasteiger partial charge is 0.394 e. The van der Waals surface area contributed by atoms with E-state index >= 15 is 0 Å². The first kappa shape index (κ1) is 61.9. The van der Waals surface area contributed by atoms with Crippen molar-refractivity contribution in [2.45, 2.75) is 281 Å². The molecule has 1 heterocycles. The van der Waals surface area contributed by atoms with Gasteiger partial charge >= 0.3 is 0 Å². The molecule has 0 spiro atoms. The van der Waals surface area contributed by atoms with Gasteiger partial charge in [-0.1, -0.05) is 222 Å². The molecule has 0 aliphatic carbocycles. The quantitative estimate of drug-likeness (QED) is 0.0261. The lowest BCUT2D eigenvalue weighted by molar-refractivity contribution is -0.302. The summed E-state index contributed by atoms with van der Waals surface area (Å²) < 4.78 is 11.2. The van der Waals surface area contributed by atoms with Crippen LogP contribution < -0.4 is 5.32 Å². The van der Waals surface area contributed by atoms with Gasteiger partial charge < -0.3 is 40.3 Å². The Hall–Kier alpha value is -2.11. The van der Waals surface area contributed by atoms with E-state index in [1.165, 1.54) is 161 Å². The van der Waals surface area contributed by atoms with Crippen LogP contribution in [-0.4, -0.2) is 87.5 Å². The maximum Gasteiger partial charge on any atom is 0.220 e. The third-order valence-corrected chi connectivity index (χ3v) is 12.8. The topological polar surface area (TPSA) is 149 Å². The van der Waals surface area contributed by atoms with E-state index in [9.17, 15) is 30.3 Å². The van der Waals surface area contributed by atoms with E-state index in [0.717, 1.165) is 57.8 Å². The van der Waals surface area contributed by atoms with Crippen LogP contribution in [0.4, 0.5) is 0 Å². The van der Waals surface area contributed by atoms with Crippen LogP contribution in [0.2, 0.25) is 0 Å². The monoisotopic (exact) mass is 930 g/mol. The van der Waals surface area contributed by atoms with E-state index in [1.54, 1.807) is 6.08 Å². The summed E-state index contributed by atoms with van der Waals surface area (Å²) in [6.45, 7) is 3.70. The molecule has 7 unspecified atom stereocenters. The van der Waals surface area contributed by atoms with Crippen molar-refractivity contribution in [2.75, 3.05) is 13.2 Å². The molecule has 1 aliphatic heterocycles. The lowest BCUT2D eigenvalue weighted by Gasteiger charge is -2.40. The lowest BCUT2D eigenvalue weighted by atomic mass is 9.99. The minimum atomic E-state index is -1.57. The average Bonchev–Trinajstić information content (AvgIpc) is 3.32. The van der Waals surface area contributed by atoms with E-state index in [-0.39, 0.29) is 12.5 Å². The molecule has 0 aromatic heterocycles. The van der Waals surface area contributed by atoms with Gasteiger partial charge in [0, 0.05) is 6.42 Å². The highest BCUT2D eigenvalue weighted by Crippen LogP contribution is 2.23. The summed E-state index contributed by atoms with van der Waals surface area (Å²) in [6.07, 6.45) is 55.9. The van der Waals surface area contributed by atoms with Gasteiger partial charge in [-0.2, -0.15) is 0 Å². The molecule has 9 heteroatoms. The number of hydrogen-bond donors (Lipinski definition) is 6.